The Balaban J connectivity index is 1.56. The van der Waals surface area contributed by atoms with Crippen LogP contribution in [0.15, 0.2) is 60.8 Å². The molecule has 164 valence electrons. The summed E-state index contributed by atoms with van der Waals surface area (Å²) in [5.74, 6) is -0.183. The maximum absolute atomic E-state index is 13.8. The number of nitro groups is 1. The highest BCUT2D eigenvalue weighted by atomic mass is 19.1. The first-order chi connectivity index (χ1) is 15.4. The molecule has 0 aliphatic carbocycles. The Kier molecular flexibility index (Phi) is 6.91. The van der Waals surface area contributed by atoms with Crippen molar-refractivity contribution in [3.63, 3.8) is 0 Å². The number of pyridine rings is 1. The lowest BCUT2D eigenvalue weighted by Gasteiger charge is -2.10. The molecule has 3 amide bonds. The van der Waals surface area contributed by atoms with Gasteiger partial charge in [-0.25, -0.2) is 9.18 Å². The molecule has 3 N–H and O–H groups in total. The lowest BCUT2D eigenvalue weighted by molar-refractivity contribution is -0.384. The Morgan fingerprint density at radius 2 is 1.84 bits per heavy atom. The second kappa shape index (κ2) is 9.98. The highest BCUT2D eigenvalue weighted by Gasteiger charge is 2.13. The zero-order chi connectivity index (χ0) is 23.1. The molecule has 0 saturated carbocycles. The van der Waals surface area contributed by atoms with Gasteiger partial charge in [0, 0.05) is 38.0 Å². The van der Waals surface area contributed by atoms with Gasteiger partial charge in [0.05, 0.1) is 10.6 Å². The third-order valence-corrected chi connectivity index (χ3v) is 4.21. The molecular formula is C21H18FN5O5. The number of carbonyl (C=O) groups excluding carboxylic acids is 2. The second-order valence-corrected chi connectivity index (χ2v) is 6.43. The van der Waals surface area contributed by atoms with Crippen LogP contribution < -0.4 is 20.7 Å². The van der Waals surface area contributed by atoms with Crippen molar-refractivity contribution >= 4 is 23.3 Å². The molecule has 0 aliphatic heterocycles. The molecule has 0 radical (unpaired) electrons. The summed E-state index contributed by atoms with van der Waals surface area (Å²) in [5.41, 5.74) is 0.313. The average Bonchev–Trinajstić information content (AvgIpc) is 2.79. The third kappa shape index (κ3) is 5.75. The minimum absolute atomic E-state index is 0.124. The molecule has 32 heavy (non-hydrogen) atoms. The predicted molar refractivity (Wildman–Crippen MR) is 113 cm³/mol. The first-order valence-electron chi connectivity index (χ1n) is 9.29. The molecule has 11 heteroatoms. The largest absolute Gasteiger partial charge is 0.457 e. The summed E-state index contributed by atoms with van der Waals surface area (Å²) in [7, 11) is 1.50. The van der Waals surface area contributed by atoms with E-state index in [1.54, 1.807) is 30.3 Å². The maximum atomic E-state index is 13.8. The molecule has 0 unspecified atom stereocenters. The number of hydrogen-bond donors (Lipinski definition) is 3. The van der Waals surface area contributed by atoms with Gasteiger partial charge < -0.3 is 20.7 Å². The highest BCUT2D eigenvalue weighted by Crippen LogP contribution is 2.23. The number of benzene rings is 2. The molecule has 0 bridgehead atoms. The molecule has 0 fully saturated rings. The van der Waals surface area contributed by atoms with E-state index in [4.69, 9.17) is 4.74 Å². The molecule has 0 aliphatic rings. The van der Waals surface area contributed by atoms with E-state index in [1.165, 1.54) is 19.3 Å². The lowest BCUT2D eigenvalue weighted by Crippen LogP contribution is -2.28. The van der Waals surface area contributed by atoms with Crippen molar-refractivity contribution in [3.8, 4) is 11.5 Å². The van der Waals surface area contributed by atoms with E-state index in [9.17, 15) is 24.1 Å². The van der Waals surface area contributed by atoms with Crippen LogP contribution in [0.3, 0.4) is 0 Å². The van der Waals surface area contributed by atoms with E-state index in [-0.39, 0.29) is 29.5 Å². The standard InChI is InChI=1S/C21H18FN5O5/c1-23-20(28)19-11-16(8-9-24-19)32-15-5-2-13(3-6-15)12-25-21(29)26-18-10-14(27(30)31)4-7-17(18)22/h2-11H,12H2,1H3,(H,23,28)(H2,25,26,29). The molecule has 3 aromatic rings. The van der Waals surface area contributed by atoms with Crippen LogP contribution in [0.4, 0.5) is 20.6 Å². The molecule has 0 spiro atoms. The first kappa shape index (κ1) is 22.2. The van der Waals surface area contributed by atoms with Gasteiger partial charge in [0.2, 0.25) is 0 Å². The fourth-order valence-corrected chi connectivity index (χ4v) is 2.61. The smallest absolute Gasteiger partial charge is 0.319 e. The summed E-state index contributed by atoms with van der Waals surface area (Å²) in [4.78, 5) is 37.7. The molecule has 0 saturated heterocycles. The summed E-state index contributed by atoms with van der Waals surface area (Å²) < 4.78 is 19.5. The maximum Gasteiger partial charge on any atom is 0.319 e. The van der Waals surface area contributed by atoms with Crippen LogP contribution in [0.1, 0.15) is 16.1 Å². The molecule has 1 aromatic heterocycles. The van der Waals surface area contributed by atoms with Crippen LogP contribution in [0.2, 0.25) is 0 Å². The Labute approximate surface area is 181 Å². The Morgan fingerprint density at radius 1 is 1.09 bits per heavy atom. The van der Waals surface area contributed by atoms with E-state index in [0.717, 1.165) is 23.8 Å². The van der Waals surface area contributed by atoms with Crippen LogP contribution in [-0.4, -0.2) is 28.9 Å². The Bertz CT molecular complexity index is 1150. The zero-order valence-corrected chi connectivity index (χ0v) is 16.8. The van der Waals surface area contributed by atoms with Gasteiger partial charge in [-0.05, 0) is 29.8 Å². The number of nitrogens with one attached hydrogen (secondary N) is 3. The number of ether oxygens (including phenoxy) is 1. The van der Waals surface area contributed by atoms with Crippen molar-refractivity contribution in [2.45, 2.75) is 6.54 Å². The number of nitrogens with zero attached hydrogens (tertiary/aromatic N) is 2. The van der Waals surface area contributed by atoms with Crippen molar-refractivity contribution in [2.24, 2.45) is 0 Å². The summed E-state index contributed by atoms with van der Waals surface area (Å²) in [6.07, 6.45) is 1.46. The number of amides is 3. The minimum Gasteiger partial charge on any atom is -0.457 e. The van der Waals surface area contributed by atoms with Crippen molar-refractivity contribution in [2.75, 3.05) is 12.4 Å². The Hall–Kier alpha value is -4.54. The van der Waals surface area contributed by atoms with Crippen LogP contribution in [0.25, 0.3) is 0 Å². The predicted octanol–water partition coefficient (Wildman–Crippen LogP) is 3.60. The third-order valence-electron chi connectivity index (χ3n) is 4.21. The number of aromatic nitrogens is 1. The van der Waals surface area contributed by atoms with Gasteiger partial charge in [-0.3, -0.25) is 19.9 Å². The molecule has 2 aromatic carbocycles. The molecule has 3 rings (SSSR count). The van der Waals surface area contributed by atoms with Gasteiger partial charge in [0.25, 0.3) is 11.6 Å². The number of carbonyl (C=O) groups is 2. The normalized spacial score (nSPS) is 10.2. The number of urea groups is 1. The van der Waals surface area contributed by atoms with Crippen LogP contribution in [-0.2, 0) is 6.54 Å². The van der Waals surface area contributed by atoms with E-state index in [1.807, 2.05) is 0 Å². The quantitative estimate of drug-likeness (QED) is 0.380. The number of nitro benzene ring substituents is 1. The van der Waals surface area contributed by atoms with E-state index < -0.39 is 16.8 Å². The van der Waals surface area contributed by atoms with Crippen LogP contribution in [0.5, 0.6) is 11.5 Å². The average molecular weight is 439 g/mol. The lowest BCUT2D eigenvalue weighted by atomic mass is 10.2. The summed E-state index contributed by atoms with van der Waals surface area (Å²) in [6.45, 7) is 0.124. The van der Waals surface area contributed by atoms with Crippen LogP contribution >= 0.6 is 0 Å². The van der Waals surface area contributed by atoms with Crippen molar-refractivity contribution in [1.29, 1.82) is 0 Å². The molecule has 10 nitrogen and oxygen atoms in total. The molecule has 1 heterocycles. The topological polar surface area (TPSA) is 135 Å². The molecular weight excluding hydrogens is 421 g/mol. The van der Waals surface area contributed by atoms with Crippen molar-refractivity contribution in [3.05, 3.63) is 88.0 Å². The van der Waals surface area contributed by atoms with Crippen molar-refractivity contribution < 1.29 is 23.6 Å². The summed E-state index contributed by atoms with van der Waals surface area (Å²) in [5, 5.41) is 18.1. The Morgan fingerprint density at radius 3 is 2.53 bits per heavy atom. The summed E-state index contributed by atoms with van der Waals surface area (Å²) >= 11 is 0. The van der Waals surface area contributed by atoms with Crippen molar-refractivity contribution in [1.82, 2.24) is 15.6 Å². The number of rotatable bonds is 7. The van der Waals surface area contributed by atoms with Gasteiger partial charge in [0.15, 0.2) is 0 Å². The minimum atomic E-state index is -0.789. The monoisotopic (exact) mass is 439 g/mol. The van der Waals surface area contributed by atoms with Gasteiger partial charge in [-0.15, -0.1) is 0 Å². The fourth-order valence-electron chi connectivity index (χ4n) is 2.61. The van der Waals surface area contributed by atoms with E-state index >= 15 is 0 Å². The van der Waals surface area contributed by atoms with Gasteiger partial charge in [-0.2, -0.15) is 0 Å². The van der Waals surface area contributed by atoms with Gasteiger partial charge >= 0.3 is 6.03 Å². The number of hydrogen-bond acceptors (Lipinski definition) is 6. The summed E-state index contributed by atoms with van der Waals surface area (Å²) in [6, 6.07) is 12.0. The number of halogens is 1. The van der Waals surface area contributed by atoms with Crippen LogP contribution in [0, 0.1) is 15.9 Å². The van der Waals surface area contributed by atoms with Gasteiger partial charge in [0.1, 0.15) is 23.0 Å². The second-order valence-electron chi connectivity index (χ2n) is 6.43. The fraction of sp³-hybridized carbons (Fsp3) is 0.0952. The number of anilines is 1. The molecule has 0 atom stereocenters. The first-order valence-corrected chi connectivity index (χ1v) is 9.29. The highest BCUT2D eigenvalue weighted by molar-refractivity contribution is 5.92. The zero-order valence-electron chi connectivity index (χ0n) is 16.8. The van der Waals surface area contributed by atoms with Gasteiger partial charge in [-0.1, -0.05) is 12.1 Å². The van der Waals surface area contributed by atoms with E-state index in [2.05, 4.69) is 20.9 Å². The SMILES string of the molecule is CNC(=O)c1cc(Oc2ccc(CNC(=O)Nc3cc([N+](=O)[O-])ccc3F)cc2)ccn1. The number of non-ortho nitro benzene ring substituents is 1. The van der Waals surface area contributed by atoms with E-state index in [0.29, 0.717) is 11.5 Å².